The Morgan fingerprint density at radius 1 is 1.53 bits per heavy atom. The highest BCUT2D eigenvalue weighted by atomic mass is 35.5. The Morgan fingerprint density at radius 2 is 2.35 bits per heavy atom. The lowest BCUT2D eigenvalue weighted by atomic mass is 10.1. The standard InChI is InChI=1S/C11H10ClN3OS/c1-7(8-3-2-4-9(12)5-8)14-11(16)10-6-13-17-15-10/h2-7H,1H3,(H,14,16)/t7-/m1/s1. The summed E-state index contributed by atoms with van der Waals surface area (Å²) in [5, 5.41) is 3.48. The molecule has 6 heteroatoms. The third-order valence-corrected chi connectivity index (χ3v) is 3.00. The van der Waals surface area contributed by atoms with Gasteiger partial charge < -0.3 is 5.32 Å². The predicted octanol–water partition coefficient (Wildman–Crippen LogP) is 2.68. The van der Waals surface area contributed by atoms with Crippen molar-refractivity contribution in [2.45, 2.75) is 13.0 Å². The zero-order valence-corrected chi connectivity index (χ0v) is 10.6. The fraction of sp³-hybridized carbons (Fsp3) is 0.182. The van der Waals surface area contributed by atoms with Gasteiger partial charge in [-0.05, 0) is 24.6 Å². The Kier molecular flexibility index (Phi) is 3.71. The maximum Gasteiger partial charge on any atom is 0.273 e. The highest BCUT2D eigenvalue weighted by Gasteiger charge is 2.13. The number of carbonyl (C=O) groups excluding carboxylic acids is 1. The van der Waals surface area contributed by atoms with E-state index in [-0.39, 0.29) is 11.9 Å². The van der Waals surface area contributed by atoms with Gasteiger partial charge in [0, 0.05) is 5.02 Å². The van der Waals surface area contributed by atoms with Crippen LogP contribution in [0.25, 0.3) is 0 Å². The molecule has 4 nitrogen and oxygen atoms in total. The van der Waals surface area contributed by atoms with Crippen LogP contribution >= 0.6 is 23.3 Å². The van der Waals surface area contributed by atoms with Gasteiger partial charge in [-0.25, -0.2) is 0 Å². The highest BCUT2D eigenvalue weighted by molar-refractivity contribution is 6.99. The van der Waals surface area contributed by atoms with Gasteiger partial charge in [-0.2, -0.15) is 8.75 Å². The largest absolute Gasteiger partial charge is 0.344 e. The summed E-state index contributed by atoms with van der Waals surface area (Å²) in [6.07, 6.45) is 1.45. The van der Waals surface area contributed by atoms with Crippen molar-refractivity contribution >= 4 is 29.2 Å². The first kappa shape index (κ1) is 12.0. The molecule has 1 heterocycles. The fourth-order valence-corrected chi connectivity index (χ4v) is 2.01. The van der Waals surface area contributed by atoms with Crippen molar-refractivity contribution in [3.8, 4) is 0 Å². The van der Waals surface area contributed by atoms with E-state index in [1.165, 1.54) is 6.20 Å². The molecule has 2 rings (SSSR count). The summed E-state index contributed by atoms with van der Waals surface area (Å²) in [6.45, 7) is 1.89. The molecule has 0 aliphatic carbocycles. The van der Waals surface area contributed by atoms with Crippen LogP contribution in [0, 0.1) is 0 Å². The van der Waals surface area contributed by atoms with Crippen molar-refractivity contribution in [2.75, 3.05) is 0 Å². The molecule has 0 aliphatic heterocycles. The Hall–Kier alpha value is -1.46. The minimum Gasteiger partial charge on any atom is -0.344 e. The predicted molar refractivity (Wildman–Crippen MR) is 67.2 cm³/mol. The smallest absolute Gasteiger partial charge is 0.273 e. The summed E-state index contributed by atoms with van der Waals surface area (Å²) < 4.78 is 7.66. The van der Waals surface area contributed by atoms with E-state index in [0.717, 1.165) is 17.3 Å². The van der Waals surface area contributed by atoms with Gasteiger partial charge in [-0.1, -0.05) is 23.7 Å². The number of hydrogen-bond donors (Lipinski definition) is 1. The maximum absolute atomic E-state index is 11.7. The Morgan fingerprint density at radius 3 is 3.00 bits per heavy atom. The molecule has 1 N–H and O–H groups in total. The lowest BCUT2D eigenvalue weighted by Crippen LogP contribution is -2.26. The second kappa shape index (κ2) is 5.25. The molecule has 1 aromatic heterocycles. The average Bonchev–Trinajstić information content (AvgIpc) is 2.82. The van der Waals surface area contributed by atoms with Crippen LogP contribution in [0.5, 0.6) is 0 Å². The summed E-state index contributed by atoms with van der Waals surface area (Å²) in [7, 11) is 0. The molecule has 1 atom stereocenters. The van der Waals surface area contributed by atoms with Crippen LogP contribution in [-0.4, -0.2) is 14.7 Å². The van der Waals surface area contributed by atoms with Gasteiger partial charge in [0.05, 0.1) is 24.0 Å². The summed E-state index contributed by atoms with van der Waals surface area (Å²) in [6, 6.07) is 7.26. The molecule has 2 aromatic rings. The van der Waals surface area contributed by atoms with Gasteiger partial charge in [-0.15, -0.1) is 0 Å². The van der Waals surface area contributed by atoms with E-state index in [9.17, 15) is 4.79 Å². The van der Waals surface area contributed by atoms with E-state index in [1.54, 1.807) is 6.07 Å². The van der Waals surface area contributed by atoms with Gasteiger partial charge in [0.15, 0.2) is 5.69 Å². The topological polar surface area (TPSA) is 54.9 Å². The number of aromatic nitrogens is 2. The van der Waals surface area contributed by atoms with E-state index >= 15 is 0 Å². The molecule has 0 radical (unpaired) electrons. The Labute approximate surface area is 108 Å². The second-order valence-corrected chi connectivity index (χ2v) is 4.54. The van der Waals surface area contributed by atoms with Gasteiger partial charge in [-0.3, -0.25) is 4.79 Å². The van der Waals surface area contributed by atoms with Gasteiger partial charge in [0.1, 0.15) is 0 Å². The summed E-state index contributed by atoms with van der Waals surface area (Å²) >= 11 is 6.90. The number of carbonyl (C=O) groups is 1. The van der Waals surface area contributed by atoms with Crippen molar-refractivity contribution in [1.29, 1.82) is 0 Å². The molecule has 0 unspecified atom stereocenters. The van der Waals surface area contributed by atoms with Crippen LogP contribution < -0.4 is 5.32 Å². The zero-order chi connectivity index (χ0) is 12.3. The van der Waals surface area contributed by atoms with Gasteiger partial charge in [0.25, 0.3) is 5.91 Å². The first-order valence-electron chi connectivity index (χ1n) is 5.00. The lowest BCUT2D eigenvalue weighted by molar-refractivity contribution is 0.0936. The molecule has 0 fully saturated rings. The highest BCUT2D eigenvalue weighted by Crippen LogP contribution is 2.17. The minimum absolute atomic E-state index is 0.122. The number of nitrogens with zero attached hydrogens (tertiary/aromatic N) is 2. The van der Waals surface area contributed by atoms with Crippen LogP contribution in [-0.2, 0) is 0 Å². The van der Waals surface area contributed by atoms with Crippen LogP contribution in [0.4, 0.5) is 0 Å². The van der Waals surface area contributed by atoms with Crippen LogP contribution in [0.3, 0.4) is 0 Å². The molecule has 1 aromatic carbocycles. The lowest BCUT2D eigenvalue weighted by Gasteiger charge is -2.13. The monoisotopic (exact) mass is 267 g/mol. The van der Waals surface area contributed by atoms with Crippen molar-refractivity contribution in [1.82, 2.24) is 14.1 Å². The van der Waals surface area contributed by atoms with Crippen molar-refractivity contribution < 1.29 is 4.79 Å². The zero-order valence-electron chi connectivity index (χ0n) is 9.05. The van der Waals surface area contributed by atoms with Crippen LogP contribution in [0.15, 0.2) is 30.5 Å². The summed E-state index contributed by atoms with van der Waals surface area (Å²) in [4.78, 5) is 11.7. The number of halogens is 1. The summed E-state index contributed by atoms with van der Waals surface area (Å²) in [5.41, 5.74) is 1.29. The Balaban J connectivity index is 2.07. The van der Waals surface area contributed by atoms with Crippen molar-refractivity contribution in [3.05, 3.63) is 46.7 Å². The van der Waals surface area contributed by atoms with E-state index in [2.05, 4.69) is 14.1 Å². The molecule has 0 saturated carbocycles. The third kappa shape index (κ3) is 3.01. The first-order chi connectivity index (χ1) is 8.16. The number of benzene rings is 1. The number of amides is 1. The minimum atomic E-state index is -0.230. The normalized spacial score (nSPS) is 12.1. The molecular formula is C11H10ClN3OS. The maximum atomic E-state index is 11.7. The second-order valence-electron chi connectivity index (χ2n) is 3.54. The molecule has 17 heavy (non-hydrogen) atoms. The number of rotatable bonds is 3. The van der Waals surface area contributed by atoms with E-state index in [0.29, 0.717) is 10.7 Å². The van der Waals surface area contributed by atoms with Crippen LogP contribution in [0.1, 0.15) is 29.0 Å². The van der Waals surface area contributed by atoms with E-state index in [1.807, 2.05) is 25.1 Å². The number of hydrogen-bond acceptors (Lipinski definition) is 4. The fourth-order valence-electron chi connectivity index (χ4n) is 1.39. The van der Waals surface area contributed by atoms with E-state index < -0.39 is 0 Å². The third-order valence-electron chi connectivity index (χ3n) is 2.29. The molecular weight excluding hydrogens is 258 g/mol. The van der Waals surface area contributed by atoms with Crippen molar-refractivity contribution in [3.63, 3.8) is 0 Å². The molecule has 0 spiro atoms. The SMILES string of the molecule is C[C@@H](NC(=O)c1cnsn1)c1cccc(Cl)c1. The molecule has 88 valence electrons. The molecule has 0 saturated heterocycles. The van der Waals surface area contributed by atoms with Crippen molar-refractivity contribution in [2.24, 2.45) is 0 Å². The first-order valence-corrected chi connectivity index (χ1v) is 6.11. The average molecular weight is 268 g/mol. The quantitative estimate of drug-likeness (QED) is 0.930. The summed E-state index contributed by atoms with van der Waals surface area (Å²) in [5.74, 6) is -0.230. The van der Waals surface area contributed by atoms with Gasteiger partial charge in [0.2, 0.25) is 0 Å². The van der Waals surface area contributed by atoms with Crippen LogP contribution in [0.2, 0.25) is 5.02 Å². The molecule has 1 amide bonds. The Bertz CT molecular complexity index is 515. The van der Waals surface area contributed by atoms with E-state index in [4.69, 9.17) is 11.6 Å². The van der Waals surface area contributed by atoms with Gasteiger partial charge >= 0.3 is 0 Å². The molecule has 0 aliphatic rings. The number of nitrogens with one attached hydrogen (secondary N) is 1. The molecule has 0 bridgehead atoms.